The number of para-hydroxylation sites is 1. The van der Waals surface area contributed by atoms with Crippen LogP contribution < -0.4 is 5.32 Å². The first-order valence-corrected chi connectivity index (χ1v) is 8.64. The topological polar surface area (TPSA) is 65.1 Å². The molecule has 3 N–H and O–H groups in total. The lowest BCUT2D eigenvalue weighted by molar-refractivity contribution is -0.126. The van der Waals surface area contributed by atoms with E-state index in [1.807, 2.05) is 67.7 Å². The molecule has 0 aliphatic heterocycles. The van der Waals surface area contributed by atoms with Crippen LogP contribution in [-0.4, -0.2) is 16.0 Å². The first-order valence-electron chi connectivity index (χ1n) is 8.64. The molecule has 0 aliphatic rings. The van der Waals surface area contributed by atoms with Crippen molar-refractivity contribution in [1.82, 2.24) is 10.3 Å². The third-order valence-electron chi connectivity index (χ3n) is 4.64. The Morgan fingerprint density at radius 3 is 2.64 bits per heavy atom. The Morgan fingerprint density at radius 2 is 1.92 bits per heavy atom. The molecule has 0 fully saturated rings. The van der Waals surface area contributed by atoms with E-state index in [0.29, 0.717) is 0 Å². The summed E-state index contributed by atoms with van der Waals surface area (Å²) in [5, 5.41) is 14.9. The molecule has 130 valence electrons. The van der Waals surface area contributed by atoms with Gasteiger partial charge in [0.2, 0.25) is 5.91 Å². The number of carbonyl (C=O) groups excluding carboxylic acids is 1. The Hall–Kier alpha value is -2.59. The lowest BCUT2D eigenvalue weighted by atomic mass is 9.92. The summed E-state index contributed by atoms with van der Waals surface area (Å²) in [7, 11) is 0. The minimum absolute atomic E-state index is 0.0220. The highest BCUT2D eigenvalue weighted by Gasteiger charge is 2.27. The van der Waals surface area contributed by atoms with Gasteiger partial charge in [0.05, 0.1) is 23.6 Å². The van der Waals surface area contributed by atoms with Gasteiger partial charge in [0.25, 0.3) is 0 Å². The molecule has 25 heavy (non-hydrogen) atoms. The van der Waals surface area contributed by atoms with Crippen LogP contribution in [0.25, 0.3) is 10.9 Å². The highest BCUT2D eigenvalue weighted by atomic mass is 16.3. The number of hydrogen-bond donors (Lipinski definition) is 3. The Morgan fingerprint density at radius 1 is 1.16 bits per heavy atom. The molecule has 0 radical (unpaired) electrons. The number of aromatic amines is 1. The quantitative estimate of drug-likeness (QED) is 0.636. The fourth-order valence-electron chi connectivity index (χ4n) is 3.26. The van der Waals surface area contributed by atoms with Gasteiger partial charge in [0.15, 0.2) is 0 Å². The van der Waals surface area contributed by atoms with Gasteiger partial charge in [-0.25, -0.2) is 0 Å². The fraction of sp³-hybridized carbons (Fsp3) is 0.286. The summed E-state index contributed by atoms with van der Waals surface area (Å²) in [4.78, 5) is 15.8. The molecule has 4 nitrogen and oxygen atoms in total. The number of aromatic nitrogens is 1. The summed E-state index contributed by atoms with van der Waals surface area (Å²) in [6.45, 7) is 3.72. The summed E-state index contributed by atoms with van der Waals surface area (Å²) in [6.07, 6.45) is 2.70. The van der Waals surface area contributed by atoms with Gasteiger partial charge in [-0.05, 0) is 35.9 Å². The van der Waals surface area contributed by atoms with Gasteiger partial charge in [-0.1, -0.05) is 55.5 Å². The van der Waals surface area contributed by atoms with Gasteiger partial charge in [-0.3, -0.25) is 4.79 Å². The van der Waals surface area contributed by atoms with Gasteiger partial charge in [0, 0.05) is 6.20 Å². The zero-order chi connectivity index (χ0) is 17.9. The largest absolute Gasteiger partial charge is 0.385 e. The van der Waals surface area contributed by atoms with Crippen LogP contribution in [0.3, 0.4) is 0 Å². The first kappa shape index (κ1) is 17.2. The number of aliphatic hydroxyl groups is 1. The molecule has 1 heterocycles. The second-order valence-electron chi connectivity index (χ2n) is 6.63. The van der Waals surface area contributed by atoms with Gasteiger partial charge in [-0.2, -0.15) is 0 Å². The first-order chi connectivity index (χ1) is 12.0. The molecule has 0 bridgehead atoms. The van der Waals surface area contributed by atoms with Gasteiger partial charge < -0.3 is 15.4 Å². The fourth-order valence-corrected chi connectivity index (χ4v) is 3.26. The van der Waals surface area contributed by atoms with Gasteiger partial charge in [0.1, 0.15) is 0 Å². The van der Waals surface area contributed by atoms with E-state index in [4.69, 9.17) is 0 Å². The van der Waals surface area contributed by atoms with E-state index < -0.39 is 5.60 Å². The number of benzene rings is 2. The van der Waals surface area contributed by atoms with Crippen molar-refractivity contribution in [2.75, 3.05) is 0 Å². The predicted octanol–water partition coefficient (Wildman–Crippen LogP) is 4.03. The van der Waals surface area contributed by atoms with Crippen molar-refractivity contribution in [3.05, 3.63) is 71.9 Å². The molecule has 1 amide bonds. The molecule has 0 saturated carbocycles. The lowest BCUT2D eigenvalue weighted by Crippen LogP contribution is -2.35. The molecule has 2 aromatic carbocycles. The molecule has 1 aromatic heterocycles. The van der Waals surface area contributed by atoms with Crippen LogP contribution in [0, 0.1) is 0 Å². The molecule has 0 spiro atoms. The third kappa shape index (κ3) is 3.74. The minimum Gasteiger partial charge on any atom is -0.385 e. The van der Waals surface area contributed by atoms with Crippen LogP contribution in [0.1, 0.15) is 43.9 Å². The van der Waals surface area contributed by atoms with E-state index in [1.54, 1.807) is 6.92 Å². The maximum Gasteiger partial charge on any atom is 0.223 e. The molecule has 2 atom stereocenters. The van der Waals surface area contributed by atoms with Crippen LogP contribution in [0.5, 0.6) is 0 Å². The monoisotopic (exact) mass is 336 g/mol. The van der Waals surface area contributed by atoms with E-state index in [-0.39, 0.29) is 18.4 Å². The number of hydrogen-bond acceptors (Lipinski definition) is 2. The van der Waals surface area contributed by atoms with E-state index in [0.717, 1.165) is 28.5 Å². The molecule has 2 unspecified atom stereocenters. The molecule has 3 rings (SSSR count). The second-order valence-corrected chi connectivity index (χ2v) is 6.63. The maximum atomic E-state index is 12.6. The van der Waals surface area contributed by atoms with Crippen molar-refractivity contribution in [3.63, 3.8) is 0 Å². The van der Waals surface area contributed by atoms with Crippen molar-refractivity contribution in [3.8, 4) is 0 Å². The molecular weight excluding hydrogens is 312 g/mol. The Bertz CT molecular complexity index is 852. The van der Waals surface area contributed by atoms with Crippen molar-refractivity contribution < 1.29 is 9.90 Å². The van der Waals surface area contributed by atoms with Crippen molar-refractivity contribution >= 4 is 16.8 Å². The zero-order valence-corrected chi connectivity index (χ0v) is 14.6. The molecule has 0 aliphatic carbocycles. The van der Waals surface area contributed by atoms with Crippen LogP contribution >= 0.6 is 0 Å². The van der Waals surface area contributed by atoms with E-state index in [2.05, 4.69) is 10.3 Å². The van der Waals surface area contributed by atoms with Crippen molar-refractivity contribution in [2.24, 2.45) is 0 Å². The zero-order valence-electron chi connectivity index (χ0n) is 14.6. The van der Waals surface area contributed by atoms with Crippen LogP contribution in [0.4, 0.5) is 0 Å². The van der Waals surface area contributed by atoms with Crippen molar-refractivity contribution in [1.29, 1.82) is 0 Å². The number of carbonyl (C=O) groups is 1. The van der Waals surface area contributed by atoms with Crippen LogP contribution in [0.2, 0.25) is 0 Å². The number of H-pyrrole nitrogens is 1. The standard InChI is InChI=1S/C21H24N2O2/c1-3-18(17-11-7-8-15-12-13-22-20(15)17)23-19(24)14-21(2,25)16-9-5-4-6-10-16/h4-13,18,22,25H,3,14H2,1-2H3,(H,23,24). The molecular formula is C21H24N2O2. The predicted molar refractivity (Wildman–Crippen MR) is 100 cm³/mol. The highest BCUT2D eigenvalue weighted by Crippen LogP contribution is 2.27. The Balaban J connectivity index is 1.76. The van der Waals surface area contributed by atoms with E-state index in [1.165, 1.54) is 0 Å². The van der Waals surface area contributed by atoms with E-state index in [9.17, 15) is 9.90 Å². The number of fused-ring (bicyclic) bond motifs is 1. The number of nitrogens with one attached hydrogen (secondary N) is 2. The third-order valence-corrected chi connectivity index (χ3v) is 4.64. The van der Waals surface area contributed by atoms with Crippen LogP contribution in [-0.2, 0) is 10.4 Å². The molecule has 4 heteroatoms. The maximum absolute atomic E-state index is 12.6. The van der Waals surface area contributed by atoms with Gasteiger partial charge in [-0.15, -0.1) is 0 Å². The highest BCUT2D eigenvalue weighted by molar-refractivity contribution is 5.84. The van der Waals surface area contributed by atoms with Crippen molar-refractivity contribution in [2.45, 2.75) is 38.3 Å². The summed E-state index contributed by atoms with van der Waals surface area (Å²) in [5.74, 6) is -0.163. The molecule has 3 aromatic rings. The summed E-state index contributed by atoms with van der Waals surface area (Å²) in [5.41, 5.74) is 1.66. The normalized spacial score (nSPS) is 14.8. The van der Waals surface area contributed by atoms with Gasteiger partial charge >= 0.3 is 0 Å². The summed E-state index contributed by atoms with van der Waals surface area (Å²) in [6, 6.07) is 17.3. The summed E-state index contributed by atoms with van der Waals surface area (Å²) < 4.78 is 0. The molecule has 0 saturated heterocycles. The minimum atomic E-state index is -1.19. The SMILES string of the molecule is CCC(NC(=O)CC(C)(O)c1ccccc1)c1cccc2cc[nH]c12. The summed E-state index contributed by atoms with van der Waals surface area (Å²) >= 11 is 0. The average Bonchev–Trinajstić information content (AvgIpc) is 3.09. The Labute approximate surface area is 147 Å². The smallest absolute Gasteiger partial charge is 0.223 e. The van der Waals surface area contributed by atoms with Crippen LogP contribution in [0.15, 0.2) is 60.8 Å². The number of rotatable bonds is 6. The average molecular weight is 336 g/mol. The number of amides is 1. The second kappa shape index (κ2) is 7.11. The lowest BCUT2D eigenvalue weighted by Gasteiger charge is -2.25. The Kier molecular flexibility index (Phi) is 4.91. The van der Waals surface area contributed by atoms with E-state index >= 15 is 0 Å².